The summed E-state index contributed by atoms with van der Waals surface area (Å²) in [5.74, 6) is -0.420. The molecule has 0 aromatic heterocycles. The number of rotatable bonds is 2. The van der Waals surface area contributed by atoms with E-state index in [-0.39, 0.29) is 21.7 Å². The molecule has 1 fully saturated rings. The van der Waals surface area contributed by atoms with Crippen LogP contribution in [-0.4, -0.2) is 16.2 Å². The van der Waals surface area contributed by atoms with Gasteiger partial charge in [-0.25, -0.2) is 4.99 Å². The van der Waals surface area contributed by atoms with Crippen molar-refractivity contribution in [2.45, 2.75) is 6.92 Å². The molecule has 0 radical (unpaired) electrons. The van der Waals surface area contributed by atoms with Gasteiger partial charge in [0.2, 0.25) is 0 Å². The van der Waals surface area contributed by atoms with Gasteiger partial charge in [-0.15, -0.1) is 0 Å². The molecule has 2 N–H and O–H groups in total. The van der Waals surface area contributed by atoms with Gasteiger partial charge in [0.05, 0.1) is 20.6 Å². The molecule has 1 amide bonds. The molecule has 1 aliphatic rings. The van der Waals surface area contributed by atoms with E-state index in [1.807, 2.05) is 31.2 Å². The standard InChI is InChI=1S/C17H12Cl2N2O2S/c1-9-2-4-11(5-3-9)20-17-21-16(23)14(24-17)8-10-6-12(18)15(22)13(19)7-10/h2-8,22H,1H3,(H,20,21,23)/b14-8+. The Kier molecular flexibility index (Phi) is 4.85. The van der Waals surface area contributed by atoms with Gasteiger partial charge < -0.3 is 10.4 Å². The lowest BCUT2D eigenvalue weighted by molar-refractivity contribution is -0.115. The Morgan fingerprint density at radius 3 is 2.42 bits per heavy atom. The second-order valence-corrected chi connectivity index (χ2v) is 7.00. The van der Waals surface area contributed by atoms with Gasteiger partial charge in [-0.1, -0.05) is 40.9 Å². The highest BCUT2D eigenvalue weighted by atomic mass is 35.5. The Morgan fingerprint density at radius 1 is 1.17 bits per heavy atom. The van der Waals surface area contributed by atoms with Gasteiger partial charge in [-0.2, -0.15) is 0 Å². The van der Waals surface area contributed by atoms with E-state index in [0.29, 0.717) is 15.6 Å². The van der Waals surface area contributed by atoms with Crippen LogP contribution in [-0.2, 0) is 4.79 Å². The maximum atomic E-state index is 12.1. The largest absolute Gasteiger partial charge is 0.505 e. The first-order valence-electron chi connectivity index (χ1n) is 6.96. The van der Waals surface area contributed by atoms with Crippen molar-refractivity contribution in [2.24, 2.45) is 4.99 Å². The van der Waals surface area contributed by atoms with Gasteiger partial charge in [0, 0.05) is 0 Å². The minimum atomic E-state index is -0.244. The lowest BCUT2D eigenvalue weighted by Crippen LogP contribution is -2.19. The van der Waals surface area contributed by atoms with Crippen LogP contribution < -0.4 is 5.32 Å². The Labute approximate surface area is 153 Å². The van der Waals surface area contributed by atoms with E-state index in [1.54, 1.807) is 18.2 Å². The Balaban J connectivity index is 1.86. The Morgan fingerprint density at radius 2 is 1.79 bits per heavy atom. The molecule has 7 heteroatoms. The molecule has 1 saturated heterocycles. The van der Waals surface area contributed by atoms with Gasteiger partial charge in [0.25, 0.3) is 5.91 Å². The molecule has 4 nitrogen and oxygen atoms in total. The number of carbonyl (C=O) groups excluding carboxylic acids is 1. The first-order chi connectivity index (χ1) is 11.4. The molecule has 2 aromatic rings. The summed E-state index contributed by atoms with van der Waals surface area (Å²) in [4.78, 5) is 17.0. The maximum Gasteiger partial charge on any atom is 0.264 e. The van der Waals surface area contributed by atoms with E-state index >= 15 is 0 Å². The van der Waals surface area contributed by atoms with E-state index in [0.717, 1.165) is 11.3 Å². The van der Waals surface area contributed by atoms with Gasteiger partial charge in [-0.05, 0) is 54.6 Å². The van der Waals surface area contributed by atoms with Crippen LogP contribution >= 0.6 is 35.0 Å². The number of phenolic OH excluding ortho intramolecular Hbond substituents is 1. The predicted molar refractivity (Wildman–Crippen MR) is 100 cm³/mol. The molecule has 0 unspecified atom stereocenters. The second-order valence-electron chi connectivity index (χ2n) is 5.15. The molecule has 3 rings (SSSR count). The summed E-state index contributed by atoms with van der Waals surface area (Å²) in [5, 5.41) is 13.1. The average Bonchev–Trinajstić information content (AvgIpc) is 2.87. The minimum Gasteiger partial charge on any atom is -0.505 e. The number of nitrogens with zero attached hydrogens (tertiary/aromatic N) is 1. The number of nitrogens with one attached hydrogen (secondary N) is 1. The van der Waals surface area contributed by atoms with Gasteiger partial charge in [0.1, 0.15) is 0 Å². The van der Waals surface area contributed by atoms with Crippen molar-refractivity contribution in [2.75, 3.05) is 0 Å². The fourth-order valence-corrected chi connectivity index (χ4v) is 3.38. The SMILES string of the molecule is Cc1ccc(N=C2NC(=O)/C(=C\c3cc(Cl)c(O)c(Cl)c3)S2)cc1. The lowest BCUT2D eigenvalue weighted by atomic mass is 10.2. The Hall–Kier alpha value is -1.95. The summed E-state index contributed by atoms with van der Waals surface area (Å²) in [6.07, 6.45) is 1.65. The molecule has 0 saturated carbocycles. The first-order valence-corrected chi connectivity index (χ1v) is 8.54. The zero-order valence-electron chi connectivity index (χ0n) is 12.5. The highest BCUT2D eigenvalue weighted by Gasteiger charge is 2.24. The van der Waals surface area contributed by atoms with Crippen LogP contribution in [0.3, 0.4) is 0 Å². The lowest BCUT2D eigenvalue weighted by Gasteiger charge is -2.02. The number of amidine groups is 1. The second kappa shape index (κ2) is 6.89. The zero-order valence-corrected chi connectivity index (χ0v) is 14.8. The van der Waals surface area contributed by atoms with Gasteiger partial charge in [-0.3, -0.25) is 4.79 Å². The number of aromatic hydroxyl groups is 1. The molecular weight excluding hydrogens is 367 g/mol. The van der Waals surface area contributed by atoms with E-state index < -0.39 is 0 Å². The summed E-state index contributed by atoms with van der Waals surface area (Å²) >= 11 is 13.0. The van der Waals surface area contributed by atoms with Crippen LogP contribution in [0, 0.1) is 6.92 Å². The molecule has 1 aliphatic heterocycles. The van der Waals surface area contributed by atoms with Crippen molar-refractivity contribution in [1.82, 2.24) is 5.32 Å². The number of aliphatic imine (C=N–C) groups is 1. The molecule has 0 atom stereocenters. The number of phenols is 1. The van der Waals surface area contributed by atoms with Crippen LogP contribution in [0.1, 0.15) is 11.1 Å². The molecule has 1 heterocycles. The third-order valence-electron chi connectivity index (χ3n) is 3.25. The molecule has 2 aromatic carbocycles. The average molecular weight is 379 g/mol. The number of hydrogen-bond donors (Lipinski definition) is 2. The van der Waals surface area contributed by atoms with Crippen molar-refractivity contribution >= 4 is 57.8 Å². The molecular formula is C17H12Cl2N2O2S. The van der Waals surface area contributed by atoms with E-state index in [4.69, 9.17) is 23.2 Å². The molecule has 0 spiro atoms. The number of hydrogen-bond acceptors (Lipinski definition) is 4. The van der Waals surface area contributed by atoms with Crippen LogP contribution in [0.25, 0.3) is 6.08 Å². The van der Waals surface area contributed by atoms with E-state index in [9.17, 15) is 9.90 Å². The number of thioether (sulfide) groups is 1. The summed E-state index contributed by atoms with van der Waals surface area (Å²) in [6, 6.07) is 10.8. The topological polar surface area (TPSA) is 61.7 Å². The first kappa shape index (κ1) is 16.9. The van der Waals surface area contributed by atoms with Crippen LogP contribution in [0.4, 0.5) is 5.69 Å². The highest BCUT2D eigenvalue weighted by molar-refractivity contribution is 8.18. The third kappa shape index (κ3) is 3.75. The normalized spacial score (nSPS) is 17.5. The van der Waals surface area contributed by atoms with E-state index in [2.05, 4.69) is 10.3 Å². The summed E-state index contributed by atoms with van der Waals surface area (Å²) in [7, 11) is 0. The predicted octanol–water partition coefficient (Wildman–Crippen LogP) is 4.90. The number of amides is 1. The highest BCUT2D eigenvalue weighted by Crippen LogP contribution is 2.35. The molecule has 24 heavy (non-hydrogen) atoms. The summed E-state index contributed by atoms with van der Waals surface area (Å²) in [5.41, 5.74) is 2.53. The molecule has 0 bridgehead atoms. The Bertz CT molecular complexity index is 854. The number of aryl methyl sites for hydroxylation is 1. The van der Waals surface area contributed by atoms with Crippen LogP contribution in [0.2, 0.25) is 10.0 Å². The number of benzene rings is 2. The fourth-order valence-electron chi connectivity index (χ4n) is 2.04. The number of halogens is 2. The van der Waals surface area contributed by atoms with Gasteiger partial charge in [0.15, 0.2) is 10.9 Å². The quantitative estimate of drug-likeness (QED) is 0.730. The summed E-state index contributed by atoms with van der Waals surface area (Å²) in [6.45, 7) is 2.00. The van der Waals surface area contributed by atoms with E-state index in [1.165, 1.54) is 11.8 Å². The smallest absolute Gasteiger partial charge is 0.264 e. The molecule has 0 aliphatic carbocycles. The molecule has 122 valence electrons. The summed E-state index contributed by atoms with van der Waals surface area (Å²) < 4.78 is 0. The minimum absolute atomic E-state index is 0.131. The maximum absolute atomic E-state index is 12.1. The number of carbonyl (C=O) groups is 1. The van der Waals surface area contributed by atoms with Crippen molar-refractivity contribution < 1.29 is 9.90 Å². The fraction of sp³-hybridized carbons (Fsp3) is 0.0588. The van der Waals surface area contributed by atoms with Crippen molar-refractivity contribution in [3.63, 3.8) is 0 Å². The monoisotopic (exact) mass is 378 g/mol. The van der Waals surface area contributed by atoms with Crippen molar-refractivity contribution in [1.29, 1.82) is 0 Å². The zero-order chi connectivity index (χ0) is 17.3. The van der Waals surface area contributed by atoms with Crippen LogP contribution in [0.5, 0.6) is 5.75 Å². The third-order valence-corrected chi connectivity index (χ3v) is 4.74. The van der Waals surface area contributed by atoms with Crippen LogP contribution in [0.15, 0.2) is 46.3 Å². The van der Waals surface area contributed by atoms with Crippen molar-refractivity contribution in [3.8, 4) is 5.75 Å². The van der Waals surface area contributed by atoms with Crippen molar-refractivity contribution in [3.05, 3.63) is 62.5 Å². The van der Waals surface area contributed by atoms with Gasteiger partial charge >= 0.3 is 0 Å².